The molecule has 0 bridgehead atoms. The van der Waals surface area contributed by atoms with Crippen LogP contribution in [0.4, 0.5) is 0 Å². The zero-order valence-corrected chi connectivity index (χ0v) is 7.67. The lowest BCUT2D eigenvalue weighted by molar-refractivity contribution is 0.0519. The van der Waals surface area contributed by atoms with Crippen LogP contribution in [-0.4, -0.2) is 27.2 Å². The molecule has 0 aliphatic heterocycles. The van der Waals surface area contributed by atoms with Crippen molar-refractivity contribution in [3.63, 3.8) is 0 Å². The Balaban J connectivity index is 2.38. The van der Waals surface area contributed by atoms with Crippen molar-refractivity contribution in [1.29, 1.82) is 0 Å². The molecule has 0 radical (unpaired) electrons. The molecule has 0 aliphatic carbocycles. The van der Waals surface area contributed by atoms with Crippen molar-refractivity contribution in [1.82, 2.24) is 14.6 Å². The average molecular weight is 191 g/mol. The summed E-state index contributed by atoms with van der Waals surface area (Å²) in [5, 5.41) is 3.97. The van der Waals surface area contributed by atoms with E-state index >= 15 is 0 Å². The quantitative estimate of drug-likeness (QED) is 0.662. The van der Waals surface area contributed by atoms with Crippen molar-refractivity contribution < 1.29 is 9.53 Å². The maximum Gasteiger partial charge on any atom is 0.357 e. The van der Waals surface area contributed by atoms with Gasteiger partial charge in [-0.2, -0.15) is 5.10 Å². The summed E-state index contributed by atoms with van der Waals surface area (Å²) < 4.78 is 6.41. The van der Waals surface area contributed by atoms with Crippen LogP contribution in [0.2, 0.25) is 0 Å². The number of carbonyl (C=O) groups excluding carboxylic acids is 1. The minimum Gasteiger partial charge on any atom is -0.461 e. The van der Waals surface area contributed by atoms with Crippen LogP contribution in [0.1, 0.15) is 17.4 Å². The van der Waals surface area contributed by atoms with Gasteiger partial charge in [0.15, 0.2) is 11.3 Å². The van der Waals surface area contributed by atoms with Crippen molar-refractivity contribution in [2.24, 2.45) is 0 Å². The van der Waals surface area contributed by atoms with Crippen LogP contribution in [0.5, 0.6) is 0 Å². The second-order valence-corrected chi connectivity index (χ2v) is 2.67. The molecule has 5 heteroatoms. The Labute approximate surface area is 80.3 Å². The molecule has 5 nitrogen and oxygen atoms in total. The van der Waals surface area contributed by atoms with E-state index in [9.17, 15) is 4.79 Å². The maximum absolute atomic E-state index is 11.3. The molecule has 0 saturated heterocycles. The van der Waals surface area contributed by atoms with E-state index in [1.165, 1.54) is 0 Å². The normalized spacial score (nSPS) is 10.4. The standard InChI is InChI=1S/C9H9N3O2/c1-2-14-9(13)7-4-6-12-8(11-7)3-5-10-12/h3-6H,2H2,1H3. The molecule has 14 heavy (non-hydrogen) atoms. The minimum atomic E-state index is -0.406. The number of rotatable bonds is 2. The van der Waals surface area contributed by atoms with Gasteiger partial charge in [0.05, 0.1) is 12.8 Å². The highest BCUT2D eigenvalue weighted by Crippen LogP contribution is 2.02. The van der Waals surface area contributed by atoms with Gasteiger partial charge >= 0.3 is 5.97 Å². The number of carbonyl (C=O) groups is 1. The Kier molecular flexibility index (Phi) is 2.14. The molecule has 72 valence electrons. The first-order chi connectivity index (χ1) is 6.81. The number of nitrogens with zero attached hydrogens (tertiary/aromatic N) is 3. The van der Waals surface area contributed by atoms with E-state index in [0.717, 1.165) is 0 Å². The van der Waals surface area contributed by atoms with E-state index in [2.05, 4.69) is 10.1 Å². The fourth-order valence-electron chi connectivity index (χ4n) is 1.13. The third-order valence-corrected chi connectivity index (χ3v) is 1.74. The zero-order chi connectivity index (χ0) is 9.97. The van der Waals surface area contributed by atoms with E-state index in [-0.39, 0.29) is 0 Å². The Hall–Kier alpha value is -1.91. The first-order valence-corrected chi connectivity index (χ1v) is 4.29. The third-order valence-electron chi connectivity index (χ3n) is 1.74. The second kappa shape index (κ2) is 3.45. The Morgan fingerprint density at radius 2 is 2.43 bits per heavy atom. The van der Waals surface area contributed by atoms with Gasteiger partial charge in [0.1, 0.15) is 0 Å². The summed E-state index contributed by atoms with van der Waals surface area (Å²) in [6.07, 6.45) is 3.30. The van der Waals surface area contributed by atoms with Gasteiger partial charge in [-0.15, -0.1) is 0 Å². The largest absolute Gasteiger partial charge is 0.461 e. The van der Waals surface area contributed by atoms with Gasteiger partial charge in [0.25, 0.3) is 0 Å². The Morgan fingerprint density at radius 1 is 1.57 bits per heavy atom. The first-order valence-electron chi connectivity index (χ1n) is 4.29. The lowest BCUT2D eigenvalue weighted by Crippen LogP contribution is -2.07. The molecule has 0 fully saturated rings. The summed E-state index contributed by atoms with van der Waals surface area (Å²) in [5.41, 5.74) is 0.940. The SMILES string of the molecule is CCOC(=O)c1ccn2nccc2n1. The molecule has 2 heterocycles. The average Bonchev–Trinajstić information content (AvgIpc) is 2.64. The molecule has 0 N–H and O–H groups in total. The van der Waals surface area contributed by atoms with Gasteiger partial charge < -0.3 is 4.74 Å². The van der Waals surface area contributed by atoms with Crippen molar-refractivity contribution in [3.8, 4) is 0 Å². The maximum atomic E-state index is 11.3. The molecular formula is C9H9N3O2. The van der Waals surface area contributed by atoms with Crippen molar-refractivity contribution in [2.75, 3.05) is 6.61 Å². The molecule has 0 atom stereocenters. The molecule has 2 aromatic rings. The number of ether oxygens (including phenoxy) is 1. The van der Waals surface area contributed by atoms with Crippen LogP contribution < -0.4 is 0 Å². The number of aromatic nitrogens is 3. The predicted octanol–water partition coefficient (Wildman–Crippen LogP) is 0.906. The fourth-order valence-corrected chi connectivity index (χ4v) is 1.13. The Bertz CT molecular complexity index is 464. The molecule has 2 aromatic heterocycles. The first kappa shape index (κ1) is 8.68. The highest BCUT2D eigenvalue weighted by Gasteiger charge is 2.08. The van der Waals surface area contributed by atoms with Crippen LogP contribution >= 0.6 is 0 Å². The van der Waals surface area contributed by atoms with Gasteiger partial charge in [-0.25, -0.2) is 14.3 Å². The monoisotopic (exact) mass is 191 g/mol. The smallest absolute Gasteiger partial charge is 0.357 e. The lowest BCUT2D eigenvalue weighted by atomic mass is 10.4. The lowest BCUT2D eigenvalue weighted by Gasteiger charge is -2.00. The van der Waals surface area contributed by atoms with E-state index in [4.69, 9.17) is 4.74 Å². The van der Waals surface area contributed by atoms with Gasteiger partial charge in [-0.1, -0.05) is 0 Å². The predicted molar refractivity (Wildman–Crippen MR) is 48.9 cm³/mol. The molecule has 0 spiro atoms. The topological polar surface area (TPSA) is 56.5 Å². The molecule has 2 rings (SSSR count). The summed E-state index contributed by atoms with van der Waals surface area (Å²) >= 11 is 0. The number of hydrogen-bond acceptors (Lipinski definition) is 4. The van der Waals surface area contributed by atoms with Crippen molar-refractivity contribution in [3.05, 3.63) is 30.2 Å². The van der Waals surface area contributed by atoms with E-state index in [0.29, 0.717) is 17.9 Å². The fraction of sp³-hybridized carbons (Fsp3) is 0.222. The van der Waals surface area contributed by atoms with Crippen LogP contribution in [0.3, 0.4) is 0 Å². The van der Waals surface area contributed by atoms with Crippen molar-refractivity contribution >= 4 is 11.6 Å². The summed E-state index contributed by atoms with van der Waals surface area (Å²) in [7, 11) is 0. The Morgan fingerprint density at radius 3 is 3.21 bits per heavy atom. The van der Waals surface area contributed by atoms with Gasteiger partial charge in [0, 0.05) is 12.3 Å². The van der Waals surface area contributed by atoms with E-state index < -0.39 is 5.97 Å². The van der Waals surface area contributed by atoms with E-state index in [1.807, 2.05) is 0 Å². The molecular weight excluding hydrogens is 182 g/mol. The number of fused-ring (bicyclic) bond motifs is 1. The van der Waals surface area contributed by atoms with Gasteiger partial charge in [-0.3, -0.25) is 0 Å². The van der Waals surface area contributed by atoms with Gasteiger partial charge in [0.2, 0.25) is 0 Å². The second-order valence-electron chi connectivity index (χ2n) is 2.67. The zero-order valence-electron chi connectivity index (χ0n) is 7.67. The summed E-state index contributed by atoms with van der Waals surface area (Å²) in [5.74, 6) is -0.406. The van der Waals surface area contributed by atoms with Crippen LogP contribution in [-0.2, 0) is 4.74 Å². The number of hydrogen-bond donors (Lipinski definition) is 0. The number of esters is 1. The molecule has 0 aromatic carbocycles. The third kappa shape index (κ3) is 1.44. The molecule has 0 unspecified atom stereocenters. The van der Waals surface area contributed by atoms with E-state index in [1.54, 1.807) is 36.0 Å². The summed E-state index contributed by atoms with van der Waals surface area (Å²) in [4.78, 5) is 15.4. The van der Waals surface area contributed by atoms with Gasteiger partial charge in [-0.05, 0) is 13.0 Å². The molecule has 0 saturated carbocycles. The van der Waals surface area contributed by atoms with Crippen molar-refractivity contribution in [2.45, 2.75) is 6.92 Å². The minimum absolute atomic E-state index is 0.305. The summed E-state index contributed by atoms with van der Waals surface area (Å²) in [6.45, 7) is 2.11. The molecule has 0 amide bonds. The summed E-state index contributed by atoms with van der Waals surface area (Å²) in [6, 6.07) is 3.31. The van der Waals surface area contributed by atoms with Crippen LogP contribution in [0.15, 0.2) is 24.5 Å². The van der Waals surface area contributed by atoms with Crippen LogP contribution in [0, 0.1) is 0 Å². The highest BCUT2D eigenvalue weighted by atomic mass is 16.5. The highest BCUT2D eigenvalue weighted by molar-refractivity contribution is 5.87. The molecule has 0 aliphatic rings. The van der Waals surface area contributed by atoms with Crippen LogP contribution in [0.25, 0.3) is 5.65 Å².